The average molecular weight is 266 g/mol. The monoisotopic (exact) mass is 266 g/mol. The molecular weight excluding hydrogens is 248 g/mol. The van der Waals surface area contributed by atoms with Crippen LogP contribution in [-0.2, 0) is 13.1 Å². The molecule has 0 unspecified atom stereocenters. The Hall–Kier alpha value is -1.96. The van der Waals surface area contributed by atoms with Gasteiger partial charge in [-0.2, -0.15) is 0 Å². The van der Waals surface area contributed by atoms with Gasteiger partial charge in [-0.25, -0.2) is 9.48 Å². The van der Waals surface area contributed by atoms with Gasteiger partial charge in [0.15, 0.2) is 11.2 Å². The summed E-state index contributed by atoms with van der Waals surface area (Å²) in [4.78, 5) is 27.9. The maximum atomic E-state index is 11.9. The van der Waals surface area contributed by atoms with E-state index in [0.29, 0.717) is 24.3 Å². The number of aryl methyl sites for hydroxylation is 1. The lowest BCUT2D eigenvalue weighted by atomic mass is 10.4. The summed E-state index contributed by atoms with van der Waals surface area (Å²) in [7, 11) is 3.88. The van der Waals surface area contributed by atoms with Crippen molar-refractivity contribution in [1.29, 1.82) is 0 Å². The lowest BCUT2D eigenvalue weighted by molar-refractivity contribution is 0.374. The van der Waals surface area contributed by atoms with E-state index in [1.807, 2.05) is 25.9 Å². The Morgan fingerprint density at radius 2 is 2.00 bits per heavy atom. The van der Waals surface area contributed by atoms with Gasteiger partial charge in [-0.05, 0) is 20.5 Å². The summed E-state index contributed by atoms with van der Waals surface area (Å²) in [6, 6.07) is 0. The molecule has 8 heteroatoms. The first-order valence-electron chi connectivity index (χ1n) is 6.25. The van der Waals surface area contributed by atoms with E-state index in [1.165, 1.54) is 4.57 Å². The van der Waals surface area contributed by atoms with Gasteiger partial charge in [-0.3, -0.25) is 14.3 Å². The smallest absolute Gasteiger partial charge is 0.308 e. The molecular formula is C11H18N6O2. The van der Waals surface area contributed by atoms with E-state index in [2.05, 4.69) is 15.3 Å². The van der Waals surface area contributed by atoms with Crippen LogP contribution < -0.4 is 11.2 Å². The lowest BCUT2D eigenvalue weighted by Gasteiger charge is -2.09. The maximum Gasteiger partial charge on any atom is 0.330 e. The predicted octanol–water partition coefficient (Wildman–Crippen LogP) is -0.747. The van der Waals surface area contributed by atoms with Gasteiger partial charge < -0.3 is 4.90 Å². The number of nitrogens with one attached hydrogen (secondary N) is 1. The van der Waals surface area contributed by atoms with Crippen LogP contribution in [0, 0.1) is 0 Å². The maximum absolute atomic E-state index is 11.9. The van der Waals surface area contributed by atoms with Crippen LogP contribution in [-0.4, -0.2) is 50.1 Å². The molecule has 19 heavy (non-hydrogen) atoms. The minimum Gasteiger partial charge on any atom is -0.308 e. The standard InChI is InChI=1S/C11H18N6O2/c1-4-5-16-9-8(10(18)12-11(16)19)17(14-13-9)7-6-15(2)3/h4-7H2,1-3H3,(H,12,18,19). The highest BCUT2D eigenvalue weighted by Gasteiger charge is 2.14. The molecule has 2 aromatic heterocycles. The van der Waals surface area contributed by atoms with Gasteiger partial charge in [0, 0.05) is 13.1 Å². The molecule has 1 N–H and O–H groups in total. The van der Waals surface area contributed by atoms with Gasteiger partial charge in [0.1, 0.15) is 0 Å². The summed E-state index contributed by atoms with van der Waals surface area (Å²) in [5, 5.41) is 7.95. The first kappa shape index (κ1) is 13.5. The third kappa shape index (κ3) is 2.58. The zero-order valence-electron chi connectivity index (χ0n) is 11.4. The molecule has 0 fully saturated rings. The number of aromatic amines is 1. The highest BCUT2D eigenvalue weighted by atomic mass is 16.2. The summed E-state index contributed by atoms with van der Waals surface area (Å²) >= 11 is 0. The Kier molecular flexibility index (Phi) is 3.79. The van der Waals surface area contributed by atoms with Crippen LogP contribution in [0.25, 0.3) is 11.2 Å². The molecule has 2 rings (SSSR count). The second kappa shape index (κ2) is 5.35. The van der Waals surface area contributed by atoms with E-state index < -0.39 is 11.2 Å². The molecule has 0 bridgehead atoms. The van der Waals surface area contributed by atoms with E-state index in [0.717, 1.165) is 13.0 Å². The fraction of sp³-hybridized carbons (Fsp3) is 0.636. The van der Waals surface area contributed by atoms with Gasteiger partial charge in [-0.15, -0.1) is 5.10 Å². The number of H-pyrrole nitrogens is 1. The van der Waals surface area contributed by atoms with Crippen LogP contribution in [0.2, 0.25) is 0 Å². The number of hydrogen-bond acceptors (Lipinski definition) is 5. The van der Waals surface area contributed by atoms with E-state index in [9.17, 15) is 9.59 Å². The molecule has 104 valence electrons. The Labute approximate surface area is 109 Å². The molecule has 0 saturated carbocycles. The Bertz CT molecular complexity index is 681. The van der Waals surface area contributed by atoms with Crippen molar-refractivity contribution in [2.75, 3.05) is 20.6 Å². The number of likely N-dealkylation sites (N-methyl/N-ethyl adjacent to an activating group) is 1. The van der Waals surface area contributed by atoms with Crippen molar-refractivity contribution in [3.63, 3.8) is 0 Å². The van der Waals surface area contributed by atoms with Crippen LogP contribution in [0.4, 0.5) is 0 Å². The van der Waals surface area contributed by atoms with Gasteiger partial charge in [0.25, 0.3) is 5.56 Å². The largest absolute Gasteiger partial charge is 0.330 e. The summed E-state index contributed by atoms with van der Waals surface area (Å²) in [6.45, 7) is 3.76. The minimum atomic E-state index is -0.434. The van der Waals surface area contributed by atoms with Crippen molar-refractivity contribution >= 4 is 11.2 Å². The second-order valence-corrected chi connectivity index (χ2v) is 4.70. The van der Waals surface area contributed by atoms with Crippen LogP contribution in [0.15, 0.2) is 9.59 Å². The summed E-state index contributed by atoms with van der Waals surface area (Å²) in [5.74, 6) is 0. The molecule has 0 amide bonds. The van der Waals surface area contributed by atoms with Crippen LogP contribution in [0.1, 0.15) is 13.3 Å². The number of hydrogen-bond donors (Lipinski definition) is 1. The fourth-order valence-electron chi connectivity index (χ4n) is 1.91. The third-order valence-electron chi connectivity index (χ3n) is 2.86. The molecule has 0 atom stereocenters. The molecule has 0 aliphatic heterocycles. The molecule has 2 heterocycles. The number of nitrogens with zero attached hydrogens (tertiary/aromatic N) is 5. The highest BCUT2D eigenvalue weighted by molar-refractivity contribution is 5.68. The van der Waals surface area contributed by atoms with Crippen molar-refractivity contribution in [1.82, 2.24) is 29.4 Å². The molecule has 0 spiro atoms. The van der Waals surface area contributed by atoms with E-state index in [4.69, 9.17) is 0 Å². The van der Waals surface area contributed by atoms with Gasteiger partial charge >= 0.3 is 5.69 Å². The Balaban J connectivity index is 2.56. The molecule has 8 nitrogen and oxygen atoms in total. The van der Waals surface area contributed by atoms with Crippen molar-refractivity contribution in [2.24, 2.45) is 0 Å². The van der Waals surface area contributed by atoms with Gasteiger partial charge in [-0.1, -0.05) is 12.1 Å². The van der Waals surface area contributed by atoms with Crippen LogP contribution in [0.5, 0.6) is 0 Å². The SMILES string of the molecule is CCCn1c(=O)[nH]c(=O)c2c1nnn2CCN(C)C. The van der Waals surface area contributed by atoms with Crippen molar-refractivity contribution in [3.8, 4) is 0 Å². The van der Waals surface area contributed by atoms with Crippen LogP contribution in [0.3, 0.4) is 0 Å². The van der Waals surface area contributed by atoms with Crippen molar-refractivity contribution in [2.45, 2.75) is 26.4 Å². The number of rotatable bonds is 5. The molecule has 0 aliphatic carbocycles. The molecule has 0 saturated heterocycles. The molecule has 0 aliphatic rings. The summed E-state index contributed by atoms with van der Waals surface area (Å²) in [5.41, 5.74) is -0.153. The topological polar surface area (TPSA) is 88.8 Å². The quantitative estimate of drug-likeness (QED) is 0.769. The summed E-state index contributed by atoms with van der Waals surface area (Å²) < 4.78 is 3.00. The Morgan fingerprint density at radius 3 is 2.63 bits per heavy atom. The number of aromatic nitrogens is 5. The van der Waals surface area contributed by atoms with Crippen molar-refractivity contribution in [3.05, 3.63) is 20.8 Å². The zero-order valence-corrected chi connectivity index (χ0v) is 11.4. The molecule has 2 aromatic rings. The second-order valence-electron chi connectivity index (χ2n) is 4.70. The van der Waals surface area contributed by atoms with Gasteiger partial charge in [0.2, 0.25) is 0 Å². The molecule has 0 radical (unpaired) electrons. The average Bonchev–Trinajstić information content (AvgIpc) is 2.76. The highest BCUT2D eigenvalue weighted by Crippen LogP contribution is 2.04. The third-order valence-corrected chi connectivity index (χ3v) is 2.86. The first-order chi connectivity index (χ1) is 9.04. The van der Waals surface area contributed by atoms with E-state index in [1.54, 1.807) is 4.68 Å². The van der Waals surface area contributed by atoms with Gasteiger partial charge in [0.05, 0.1) is 6.54 Å². The zero-order chi connectivity index (χ0) is 14.0. The van der Waals surface area contributed by atoms with Crippen LogP contribution >= 0.6 is 0 Å². The lowest BCUT2D eigenvalue weighted by Crippen LogP contribution is -2.31. The first-order valence-corrected chi connectivity index (χ1v) is 6.25. The predicted molar refractivity (Wildman–Crippen MR) is 71.3 cm³/mol. The van der Waals surface area contributed by atoms with Crippen molar-refractivity contribution < 1.29 is 0 Å². The molecule has 0 aromatic carbocycles. The fourth-order valence-corrected chi connectivity index (χ4v) is 1.91. The van der Waals surface area contributed by atoms with E-state index in [-0.39, 0.29) is 0 Å². The summed E-state index contributed by atoms with van der Waals surface area (Å²) in [6.07, 6.45) is 0.783. The normalized spacial score (nSPS) is 11.6. The van der Waals surface area contributed by atoms with E-state index >= 15 is 0 Å². The Morgan fingerprint density at radius 1 is 1.26 bits per heavy atom. The minimum absolute atomic E-state index is 0.356. The number of fused-ring (bicyclic) bond motifs is 1.